The summed E-state index contributed by atoms with van der Waals surface area (Å²) in [5.41, 5.74) is 2.38. The summed E-state index contributed by atoms with van der Waals surface area (Å²) >= 11 is 5.97. The van der Waals surface area contributed by atoms with Gasteiger partial charge in [0.1, 0.15) is 11.9 Å². The van der Waals surface area contributed by atoms with Crippen LogP contribution in [0.15, 0.2) is 65.6 Å². The van der Waals surface area contributed by atoms with Gasteiger partial charge in [-0.15, -0.1) is 0 Å². The fourth-order valence-corrected chi connectivity index (χ4v) is 2.52. The molecule has 0 spiro atoms. The normalized spacial score (nSPS) is 19.4. The maximum absolute atomic E-state index is 11.8. The Morgan fingerprint density at radius 3 is 2.72 bits per heavy atom. The van der Waals surface area contributed by atoms with Crippen LogP contribution >= 0.6 is 11.6 Å². The number of allylic oxidation sites excluding steroid dienone is 6. The van der Waals surface area contributed by atoms with Crippen LogP contribution in [-0.2, 0) is 14.3 Å². The first-order chi connectivity index (χ1) is 12.0. The molecule has 2 rings (SSSR count). The van der Waals surface area contributed by atoms with Crippen molar-refractivity contribution in [2.24, 2.45) is 0 Å². The minimum Gasteiger partial charge on any atom is -0.500 e. The van der Waals surface area contributed by atoms with Crippen molar-refractivity contribution >= 4 is 23.6 Å². The summed E-state index contributed by atoms with van der Waals surface area (Å²) < 4.78 is 10.7. The highest BCUT2D eigenvalue weighted by molar-refractivity contribution is 6.31. The van der Waals surface area contributed by atoms with E-state index in [4.69, 9.17) is 21.1 Å². The van der Waals surface area contributed by atoms with Gasteiger partial charge in [0.25, 0.3) is 0 Å². The van der Waals surface area contributed by atoms with E-state index < -0.39 is 0 Å². The third kappa shape index (κ3) is 5.26. The lowest BCUT2D eigenvalue weighted by atomic mass is 10.0. The van der Waals surface area contributed by atoms with Crippen molar-refractivity contribution in [3.05, 3.63) is 76.3 Å². The first-order valence-electron chi connectivity index (χ1n) is 7.98. The zero-order valence-electron chi connectivity index (χ0n) is 14.6. The fourth-order valence-electron chi connectivity index (χ4n) is 2.33. The highest BCUT2D eigenvalue weighted by Gasteiger charge is 2.27. The van der Waals surface area contributed by atoms with E-state index >= 15 is 0 Å². The van der Waals surface area contributed by atoms with Crippen LogP contribution in [0.5, 0.6) is 0 Å². The Labute approximate surface area is 153 Å². The van der Waals surface area contributed by atoms with Crippen LogP contribution in [0.2, 0.25) is 5.02 Å². The molecule has 0 radical (unpaired) electrons. The van der Waals surface area contributed by atoms with Crippen molar-refractivity contribution in [2.75, 3.05) is 7.11 Å². The lowest BCUT2D eigenvalue weighted by Crippen LogP contribution is -2.27. The van der Waals surface area contributed by atoms with Crippen molar-refractivity contribution < 1.29 is 14.3 Å². The van der Waals surface area contributed by atoms with Crippen molar-refractivity contribution in [1.29, 1.82) is 0 Å². The van der Waals surface area contributed by atoms with Gasteiger partial charge in [-0.1, -0.05) is 48.1 Å². The van der Waals surface area contributed by atoms with E-state index in [-0.39, 0.29) is 12.1 Å². The lowest BCUT2D eigenvalue weighted by molar-refractivity contribution is -0.144. The third-order valence-electron chi connectivity index (χ3n) is 3.89. The van der Waals surface area contributed by atoms with Crippen molar-refractivity contribution in [3.8, 4) is 0 Å². The molecule has 2 heterocycles. The first-order valence-corrected chi connectivity index (χ1v) is 8.36. The molecule has 5 heteroatoms. The number of halogens is 1. The molecule has 0 bridgehead atoms. The molecule has 1 aliphatic heterocycles. The molecule has 1 atom stereocenters. The molecule has 1 N–H and O–H groups in total. The van der Waals surface area contributed by atoms with Crippen LogP contribution in [0.4, 0.5) is 0 Å². The molecule has 0 saturated heterocycles. The minimum atomic E-state index is -0.321. The number of rotatable bonds is 6. The van der Waals surface area contributed by atoms with Gasteiger partial charge < -0.3 is 14.5 Å². The minimum absolute atomic E-state index is 0.283. The van der Waals surface area contributed by atoms with Crippen LogP contribution in [0.1, 0.15) is 26.0 Å². The number of carbonyl (C=O) groups is 1. The number of esters is 1. The molecule has 4 nitrogen and oxygen atoms in total. The van der Waals surface area contributed by atoms with Gasteiger partial charge in [0.15, 0.2) is 0 Å². The van der Waals surface area contributed by atoms with E-state index in [9.17, 15) is 4.79 Å². The molecular formula is C20H22ClNO3. The van der Waals surface area contributed by atoms with Crippen molar-refractivity contribution in [2.45, 2.75) is 26.4 Å². The average Bonchev–Trinajstić information content (AvgIpc) is 3.01. The summed E-state index contributed by atoms with van der Waals surface area (Å²) in [6.45, 7) is 3.65. The molecule has 0 fully saturated rings. The second-order valence-electron chi connectivity index (χ2n) is 5.63. The molecule has 1 aliphatic rings. The lowest BCUT2D eigenvalue weighted by Gasteiger charge is -2.25. The third-order valence-corrected chi connectivity index (χ3v) is 4.22. The second-order valence-corrected chi connectivity index (χ2v) is 6.04. The number of H-pyrrole nitrogens is 1. The molecule has 132 valence electrons. The summed E-state index contributed by atoms with van der Waals surface area (Å²) in [6.07, 6.45) is 15.5. The van der Waals surface area contributed by atoms with Crippen LogP contribution in [0.3, 0.4) is 0 Å². The average molecular weight is 360 g/mol. The van der Waals surface area contributed by atoms with E-state index in [1.54, 1.807) is 20.2 Å². The highest BCUT2D eigenvalue weighted by Crippen LogP contribution is 2.26. The van der Waals surface area contributed by atoms with E-state index in [0.717, 1.165) is 11.3 Å². The van der Waals surface area contributed by atoms with Gasteiger partial charge in [-0.2, -0.15) is 0 Å². The summed E-state index contributed by atoms with van der Waals surface area (Å²) in [6, 6.07) is 1.81. The van der Waals surface area contributed by atoms with Gasteiger partial charge in [0, 0.05) is 12.6 Å². The van der Waals surface area contributed by atoms with Gasteiger partial charge in [0.2, 0.25) is 0 Å². The summed E-state index contributed by atoms with van der Waals surface area (Å²) in [4.78, 5) is 14.9. The van der Waals surface area contributed by atoms with Crippen LogP contribution in [0, 0.1) is 0 Å². The zero-order chi connectivity index (χ0) is 18.2. The van der Waals surface area contributed by atoms with E-state index in [1.165, 1.54) is 0 Å². The number of aromatic nitrogens is 1. The number of ether oxygens (including phenoxy) is 2. The zero-order valence-corrected chi connectivity index (χ0v) is 15.3. The molecule has 0 saturated carbocycles. The Hall–Kier alpha value is -2.46. The quantitative estimate of drug-likeness (QED) is 0.576. The van der Waals surface area contributed by atoms with Gasteiger partial charge in [0.05, 0.1) is 23.4 Å². The second kappa shape index (κ2) is 9.14. The molecule has 0 amide bonds. The van der Waals surface area contributed by atoms with Crippen molar-refractivity contribution in [1.82, 2.24) is 4.98 Å². The number of hydrogen-bond acceptors (Lipinski definition) is 3. The standard InChI is InChI=1S/C20H22ClNO3/c1-14(18-13-19(24-3)15(2)20(23)25-18)9-7-5-4-6-8-10-17-16(21)11-12-22-17/h4-12,18,22H,13H2,1-3H3/b6-4+,7-5+,10-8+,14-9-. The highest BCUT2D eigenvalue weighted by atomic mass is 35.5. The Morgan fingerprint density at radius 2 is 2.04 bits per heavy atom. The molecule has 0 aromatic carbocycles. The Balaban J connectivity index is 1.89. The number of carbonyl (C=O) groups excluding carboxylic acids is 1. The van der Waals surface area contributed by atoms with Crippen LogP contribution in [-0.4, -0.2) is 24.2 Å². The molecule has 0 aliphatic carbocycles. The monoisotopic (exact) mass is 359 g/mol. The molecular weight excluding hydrogens is 338 g/mol. The summed E-state index contributed by atoms with van der Waals surface area (Å²) in [5, 5.41) is 0.695. The van der Waals surface area contributed by atoms with E-state index in [1.807, 2.05) is 55.5 Å². The summed E-state index contributed by atoms with van der Waals surface area (Å²) in [7, 11) is 1.58. The van der Waals surface area contributed by atoms with Gasteiger partial charge >= 0.3 is 5.97 Å². The van der Waals surface area contributed by atoms with Crippen LogP contribution in [0.25, 0.3) is 6.08 Å². The maximum Gasteiger partial charge on any atom is 0.337 e. The predicted octanol–water partition coefficient (Wildman–Crippen LogP) is 4.98. The number of cyclic esters (lactones) is 1. The number of nitrogens with one attached hydrogen (secondary N) is 1. The van der Waals surface area contributed by atoms with E-state index in [2.05, 4.69) is 4.98 Å². The predicted molar refractivity (Wildman–Crippen MR) is 101 cm³/mol. The fraction of sp³-hybridized carbons (Fsp3) is 0.250. The topological polar surface area (TPSA) is 51.3 Å². The van der Waals surface area contributed by atoms with Gasteiger partial charge in [-0.05, 0) is 31.6 Å². The molecule has 1 aromatic rings. The van der Waals surface area contributed by atoms with Gasteiger partial charge in [-0.3, -0.25) is 0 Å². The van der Waals surface area contributed by atoms with E-state index in [0.29, 0.717) is 22.8 Å². The summed E-state index contributed by atoms with van der Waals surface area (Å²) in [5.74, 6) is 0.365. The Bertz CT molecular complexity index is 766. The smallest absolute Gasteiger partial charge is 0.337 e. The molecule has 25 heavy (non-hydrogen) atoms. The Morgan fingerprint density at radius 1 is 1.32 bits per heavy atom. The number of methoxy groups -OCH3 is 1. The molecule has 1 unspecified atom stereocenters. The Kier molecular flexibility index (Phi) is 6.90. The van der Waals surface area contributed by atoms with Crippen molar-refractivity contribution in [3.63, 3.8) is 0 Å². The largest absolute Gasteiger partial charge is 0.500 e. The number of hydrogen-bond donors (Lipinski definition) is 1. The van der Waals surface area contributed by atoms with Gasteiger partial charge in [-0.25, -0.2) is 4.79 Å². The first kappa shape index (κ1) is 18.9. The van der Waals surface area contributed by atoms with Crippen LogP contribution < -0.4 is 0 Å². The SMILES string of the molecule is COC1=C(C)C(=O)OC(\C(C)=C/C=C/C=C/C=C/c2[nH]ccc2Cl)C1. The molecule has 1 aromatic heterocycles. The maximum atomic E-state index is 11.8. The number of aromatic amines is 1.